The van der Waals surface area contributed by atoms with Gasteiger partial charge in [-0.1, -0.05) is 42.5 Å². The summed E-state index contributed by atoms with van der Waals surface area (Å²) in [6, 6.07) is 14.6. The van der Waals surface area contributed by atoms with E-state index in [1.165, 1.54) is 10.8 Å². The van der Waals surface area contributed by atoms with Gasteiger partial charge in [-0.05, 0) is 22.8 Å². The molecule has 26 heavy (non-hydrogen) atoms. The molecule has 2 N–H and O–H groups in total. The smallest absolute Gasteiger partial charge is 0.227 e. The Balaban J connectivity index is 1.54. The molecule has 2 aromatic carbocycles. The molecule has 0 bridgehead atoms. The fourth-order valence-electron chi connectivity index (χ4n) is 3.63. The van der Waals surface area contributed by atoms with Crippen LogP contribution in [0.15, 0.2) is 48.7 Å². The Kier molecular flexibility index (Phi) is 4.42. The third-order valence-corrected chi connectivity index (χ3v) is 5.03. The van der Waals surface area contributed by atoms with Gasteiger partial charge in [0.15, 0.2) is 11.6 Å². The van der Waals surface area contributed by atoms with E-state index in [1.54, 1.807) is 7.05 Å². The number of aliphatic hydroxyl groups is 1. The predicted molar refractivity (Wildman–Crippen MR) is 101 cm³/mol. The Labute approximate surface area is 151 Å². The second-order valence-corrected chi connectivity index (χ2v) is 6.63. The highest BCUT2D eigenvalue weighted by atomic mass is 19.1. The Bertz CT molecular complexity index is 933. The molecule has 1 fully saturated rings. The summed E-state index contributed by atoms with van der Waals surface area (Å²) in [5.74, 6) is 0.191. The summed E-state index contributed by atoms with van der Waals surface area (Å²) in [7, 11) is 1.62. The zero-order chi connectivity index (χ0) is 18.1. The summed E-state index contributed by atoms with van der Waals surface area (Å²) in [5, 5.41) is 15.8. The van der Waals surface area contributed by atoms with Crippen LogP contribution in [-0.4, -0.2) is 41.3 Å². The number of hydrogen-bond acceptors (Lipinski definition) is 5. The number of benzene rings is 2. The molecule has 5 nitrogen and oxygen atoms in total. The molecule has 1 saturated heterocycles. The molecule has 6 heteroatoms. The first-order valence-corrected chi connectivity index (χ1v) is 8.77. The van der Waals surface area contributed by atoms with Crippen molar-refractivity contribution in [3.8, 4) is 0 Å². The lowest BCUT2D eigenvalue weighted by atomic mass is 9.86. The summed E-state index contributed by atoms with van der Waals surface area (Å²) >= 11 is 0. The number of aliphatic hydroxyl groups excluding tert-OH is 1. The molecule has 0 spiro atoms. The van der Waals surface area contributed by atoms with Crippen molar-refractivity contribution in [1.29, 1.82) is 0 Å². The summed E-state index contributed by atoms with van der Waals surface area (Å²) in [5.41, 5.74) is 1.15. The molecular formula is C20H21FN4O. The van der Waals surface area contributed by atoms with Gasteiger partial charge in [0.2, 0.25) is 5.95 Å². The monoisotopic (exact) mass is 352 g/mol. The minimum atomic E-state index is -0.531. The highest BCUT2D eigenvalue weighted by molar-refractivity contribution is 5.83. The first-order valence-electron chi connectivity index (χ1n) is 8.77. The molecule has 0 radical (unpaired) electrons. The summed E-state index contributed by atoms with van der Waals surface area (Å²) in [4.78, 5) is 10.2. The molecule has 2 atom stereocenters. The van der Waals surface area contributed by atoms with Crippen molar-refractivity contribution in [1.82, 2.24) is 9.97 Å². The van der Waals surface area contributed by atoms with Crippen LogP contribution in [0.4, 0.5) is 16.2 Å². The van der Waals surface area contributed by atoms with E-state index in [9.17, 15) is 9.50 Å². The lowest BCUT2D eigenvalue weighted by molar-refractivity contribution is 0.129. The van der Waals surface area contributed by atoms with Gasteiger partial charge in [0, 0.05) is 26.1 Å². The Morgan fingerprint density at radius 2 is 2.00 bits per heavy atom. The number of β-amino-alcohol motifs (C(OH)–C–C–N with tert-alkyl or cyclic N) is 1. The van der Waals surface area contributed by atoms with E-state index in [1.807, 2.05) is 17.0 Å². The molecule has 1 aliphatic rings. The number of aromatic nitrogens is 2. The maximum Gasteiger partial charge on any atom is 0.227 e. The van der Waals surface area contributed by atoms with Gasteiger partial charge in [-0.3, -0.25) is 0 Å². The fourth-order valence-corrected chi connectivity index (χ4v) is 3.63. The number of nitrogens with zero attached hydrogens (tertiary/aromatic N) is 3. The average molecular weight is 352 g/mol. The average Bonchev–Trinajstić information content (AvgIpc) is 2.68. The van der Waals surface area contributed by atoms with E-state index >= 15 is 0 Å². The molecule has 0 unspecified atom stereocenters. The zero-order valence-corrected chi connectivity index (χ0v) is 14.6. The van der Waals surface area contributed by atoms with Gasteiger partial charge in [0.05, 0.1) is 12.3 Å². The number of halogens is 1. The molecule has 4 rings (SSSR count). The normalized spacial score (nSPS) is 20.3. The minimum absolute atomic E-state index is 0.0695. The van der Waals surface area contributed by atoms with E-state index < -0.39 is 11.9 Å². The summed E-state index contributed by atoms with van der Waals surface area (Å²) < 4.78 is 13.6. The molecular weight excluding hydrogens is 331 g/mol. The standard InChI is InChI=1S/C20H21FN4O/c1-22-19-17(21)11-23-20(24-19)25-9-8-16(18(26)12-25)15-7-6-13-4-2-3-5-14(13)10-15/h2-7,10-11,16,18,26H,8-9,12H2,1H3,(H,22,23,24)/t16-,18+/m0/s1. The number of piperidine rings is 1. The van der Waals surface area contributed by atoms with E-state index in [0.29, 0.717) is 19.0 Å². The van der Waals surface area contributed by atoms with Gasteiger partial charge in [0.1, 0.15) is 0 Å². The quantitative estimate of drug-likeness (QED) is 0.758. The van der Waals surface area contributed by atoms with Crippen LogP contribution in [0, 0.1) is 5.82 Å². The topological polar surface area (TPSA) is 61.3 Å². The number of nitrogens with one attached hydrogen (secondary N) is 1. The van der Waals surface area contributed by atoms with Crippen LogP contribution in [-0.2, 0) is 0 Å². The molecule has 134 valence electrons. The molecule has 3 aromatic rings. The van der Waals surface area contributed by atoms with Gasteiger partial charge in [-0.25, -0.2) is 9.37 Å². The van der Waals surface area contributed by atoms with E-state index in [-0.39, 0.29) is 11.7 Å². The van der Waals surface area contributed by atoms with Crippen molar-refractivity contribution in [3.05, 3.63) is 60.0 Å². The largest absolute Gasteiger partial charge is 0.391 e. The minimum Gasteiger partial charge on any atom is -0.391 e. The number of rotatable bonds is 3. The van der Waals surface area contributed by atoms with Crippen molar-refractivity contribution in [2.75, 3.05) is 30.4 Å². The second kappa shape index (κ2) is 6.88. The van der Waals surface area contributed by atoms with Gasteiger partial charge in [-0.2, -0.15) is 4.98 Å². The summed E-state index contributed by atoms with van der Waals surface area (Å²) in [6.45, 7) is 1.13. The van der Waals surface area contributed by atoms with Crippen molar-refractivity contribution < 1.29 is 9.50 Å². The number of anilines is 2. The molecule has 0 amide bonds. The van der Waals surface area contributed by atoms with Crippen molar-refractivity contribution in [3.63, 3.8) is 0 Å². The van der Waals surface area contributed by atoms with Gasteiger partial charge < -0.3 is 15.3 Å². The van der Waals surface area contributed by atoms with Crippen molar-refractivity contribution >= 4 is 22.5 Å². The highest BCUT2D eigenvalue weighted by Gasteiger charge is 2.30. The Morgan fingerprint density at radius 1 is 1.19 bits per heavy atom. The van der Waals surface area contributed by atoms with E-state index in [0.717, 1.165) is 18.2 Å². The molecule has 2 heterocycles. The fraction of sp³-hybridized carbons (Fsp3) is 0.300. The first kappa shape index (κ1) is 16.7. The maximum atomic E-state index is 13.6. The molecule has 1 aliphatic heterocycles. The maximum absolute atomic E-state index is 13.6. The molecule has 1 aromatic heterocycles. The SMILES string of the molecule is CNc1nc(N2CC[C@@H](c3ccc4ccccc4c3)[C@H](O)C2)ncc1F. The van der Waals surface area contributed by atoms with Gasteiger partial charge in [0.25, 0.3) is 0 Å². The van der Waals surface area contributed by atoms with E-state index in [4.69, 9.17) is 0 Å². The van der Waals surface area contributed by atoms with Crippen LogP contribution >= 0.6 is 0 Å². The number of fused-ring (bicyclic) bond motifs is 1. The van der Waals surface area contributed by atoms with Gasteiger partial charge in [-0.15, -0.1) is 0 Å². The van der Waals surface area contributed by atoms with Crippen LogP contribution in [0.25, 0.3) is 10.8 Å². The third kappa shape index (κ3) is 3.08. The Morgan fingerprint density at radius 3 is 2.77 bits per heavy atom. The molecule has 0 saturated carbocycles. The van der Waals surface area contributed by atoms with Crippen molar-refractivity contribution in [2.45, 2.75) is 18.4 Å². The van der Waals surface area contributed by atoms with Crippen LogP contribution < -0.4 is 10.2 Å². The number of hydrogen-bond donors (Lipinski definition) is 2. The highest BCUT2D eigenvalue weighted by Crippen LogP contribution is 2.32. The third-order valence-electron chi connectivity index (χ3n) is 5.03. The second-order valence-electron chi connectivity index (χ2n) is 6.63. The van der Waals surface area contributed by atoms with Crippen LogP contribution in [0.3, 0.4) is 0 Å². The lowest BCUT2D eigenvalue weighted by Gasteiger charge is -2.36. The Hall–Kier alpha value is -2.73. The van der Waals surface area contributed by atoms with Crippen LogP contribution in [0.2, 0.25) is 0 Å². The lowest BCUT2D eigenvalue weighted by Crippen LogP contribution is -2.43. The van der Waals surface area contributed by atoms with Gasteiger partial charge >= 0.3 is 0 Å². The summed E-state index contributed by atoms with van der Waals surface area (Å²) in [6.07, 6.45) is 1.42. The first-order chi connectivity index (χ1) is 12.7. The van der Waals surface area contributed by atoms with Crippen LogP contribution in [0.1, 0.15) is 17.9 Å². The predicted octanol–water partition coefficient (Wildman–Crippen LogP) is 3.17. The van der Waals surface area contributed by atoms with E-state index in [2.05, 4.69) is 45.6 Å². The van der Waals surface area contributed by atoms with Crippen molar-refractivity contribution in [2.24, 2.45) is 0 Å². The zero-order valence-electron chi connectivity index (χ0n) is 14.6. The molecule has 0 aliphatic carbocycles. The van der Waals surface area contributed by atoms with Crippen LogP contribution in [0.5, 0.6) is 0 Å².